The number of rotatable bonds is 6. The van der Waals surface area contributed by atoms with E-state index in [2.05, 4.69) is 4.72 Å². The quantitative estimate of drug-likeness (QED) is 0.604. The first kappa shape index (κ1) is 24.0. The van der Waals surface area contributed by atoms with Crippen LogP contribution in [0.25, 0.3) is 0 Å². The van der Waals surface area contributed by atoms with Gasteiger partial charge < -0.3 is 4.74 Å². The van der Waals surface area contributed by atoms with Crippen LogP contribution < -0.4 is 9.46 Å². The van der Waals surface area contributed by atoms with Crippen molar-refractivity contribution >= 4 is 31.5 Å². The lowest BCUT2D eigenvalue weighted by Gasteiger charge is -2.49. The molecule has 0 radical (unpaired) electrons. The van der Waals surface area contributed by atoms with Gasteiger partial charge in [-0.3, -0.25) is 0 Å². The fourth-order valence-corrected chi connectivity index (χ4v) is 9.65. The minimum absolute atomic E-state index is 0.0278. The minimum Gasteiger partial charge on any atom is -0.490 e. The highest BCUT2D eigenvalue weighted by molar-refractivity contribution is 7.92. The van der Waals surface area contributed by atoms with Gasteiger partial charge in [0.15, 0.2) is 21.4 Å². The molecule has 3 aliphatic rings. The average molecular weight is 532 g/mol. The molecule has 0 spiro atoms. The van der Waals surface area contributed by atoms with E-state index in [1.54, 1.807) is 0 Å². The molecule has 0 unspecified atom stereocenters. The zero-order chi connectivity index (χ0) is 24.3. The fraction of sp³-hybridized carbons (Fsp3) is 0.478. The Morgan fingerprint density at radius 3 is 2.35 bits per heavy atom. The van der Waals surface area contributed by atoms with Crippen molar-refractivity contribution in [3.8, 4) is 5.75 Å². The van der Waals surface area contributed by atoms with Crippen molar-refractivity contribution < 1.29 is 30.4 Å². The van der Waals surface area contributed by atoms with Gasteiger partial charge in [0.2, 0.25) is 10.0 Å². The molecule has 2 aliphatic carbocycles. The highest BCUT2D eigenvalue weighted by Gasteiger charge is 2.59. The van der Waals surface area contributed by atoms with Crippen molar-refractivity contribution in [3.63, 3.8) is 0 Å². The first-order chi connectivity index (χ1) is 16.0. The van der Waals surface area contributed by atoms with E-state index in [1.807, 2.05) is 0 Å². The highest BCUT2D eigenvalue weighted by atomic mass is 35.5. The average Bonchev–Trinajstić information content (AvgIpc) is 3.58. The van der Waals surface area contributed by atoms with Crippen LogP contribution in [-0.2, 0) is 24.6 Å². The van der Waals surface area contributed by atoms with Gasteiger partial charge in [0.25, 0.3) is 0 Å². The molecular weight excluding hydrogens is 508 g/mol. The van der Waals surface area contributed by atoms with E-state index < -0.39 is 47.9 Å². The molecular formula is C23H24ClF2NO5S2. The predicted molar refractivity (Wildman–Crippen MR) is 123 cm³/mol. The summed E-state index contributed by atoms with van der Waals surface area (Å²) in [6, 6.07) is 7.37. The molecule has 2 fully saturated rings. The third-order valence-corrected chi connectivity index (χ3v) is 11.5. The molecule has 0 bridgehead atoms. The molecule has 2 aromatic carbocycles. The van der Waals surface area contributed by atoms with Gasteiger partial charge >= 0.3 is 0 Å². The predicted octanol–water partition coefficient (Wildman–Crippen LogP) is 4.18. The summed E-state index contributed by atoms with van der Waals surface area (Å²) < 4.78 is 89.7. The summed E-state index contributed by atoms with van der Waals surface area (Å²) >= 11 is 5.94. The third kappa shape index (κ3) is 4.02. The van der Waals surface area contributed by atoms with Crippen molar-refractivity contribution in [1.82, 2.24) is 4.72 Å². The lowest BCUT2D eigenvalue weighted by molar-refractivity contribution is 0.103. The van der Waals surface area contributed by atoms with Gasteiger partial charge in [0.1, 0.15) is 10.6 Å². The van der Waals surface area contributed by atoms with Crippen LogP contribution in [0.3, 0.4) is 0 Å². The Labute approximate surface area is 202 Å². The van der Waals surface area contributed by atoms with Crippen LogP contribution in [-0.4, -0.2) is 35.2 Å². The molecule has 2 aromatic rings. The van der Waals surface area contributed by atoms with Gasteiger partial charge in [-0.15, -0.1) is 0 Å². The standard InChI is InChI=1S/C23H24ClF2NO5S2/c24-16-1-5-18(6-2-16)34(30,31)23-10-9-14(13-33(28,29)27-17-3-4-17)11-15(23)12-32-22-20(26)8-7-19(25)21(22)23/h1-2,5-8,14-15,17,27H,3-4,9-13H2/t14-,15-,23+/m0/s1. The largest absolute Gasteiger partial charge is 0.490 e. The lowest BCUT2D eigenvalue weighted by atomic mass is 9.69. The van der Waals surface area contributed by atoms with Crippen LogP contribution >= 0.6 is 11.6 Å². The van der Waals surface area contributed by atoms with E-state index in [4.69, 9.17) is 16.3 Å². The van der Waals surface area contributed by atoms with Crippen molar-refractivity contribution in [2.45, 2.75) is 47.8 Å². The normalized spacial score (nSPS) is 26.9. The zero-order valence-corrected chi connectivity index (χ0v) is 20.5. The van der Waals surface area contributed by atoms with Crippen LogP contribution in [0.1, 0.15) is 37.7 Å². The maximum absolute atomic E-state index is 15.3. The second-order valence-corrected chi connectivity index (χ2v) is 13.8. The Morgan fingerprint density at radius 1 is 1.00 bits per heavy atom. The number of nitrogens with one attached hydrogen (secondary N) is 1. The van der Waals surface area contributed by atoms with E-state index in [0.717, 1.165) is 25.0 Å². The molecule has 1 heterocycles. The van der Waals surface area contributed by atoms with Crippen LogP contribution in [0.4, 0.5) is 8.78 Å². The van der Waals surface area contributed by atoms with Crippen LogP contribution in [0.15, 0.2) is 41.3 Å². The monoisotopic (exact) mass is 531 g/mol. The Balaban J connectivity index is 1.59. The SMILES string of the molecule is O=S(=O)(C[C@H]1CC[C@]2(S(=O)(=O)c3ccc(Cl)cc3)c3c(F)ccc(F)c3OC[C@@H]2C1)NC1CC1. The topological polar surface area (TPSA) is 89.5 Å². The van der Waals surface area contributed by atoms with Gasteiger partial charge in [-0.1, -0.05) is 11.6 Å². The van der Waals surface area contributed by atoms with E-state index in [-0.39, 0.29) is 54.0 Å². The highest BCUT2D eigenvalue weighted by Crippen LogP contribution is 2.57. The van der Waals surface area contributed by atoms with Crippen molar-refractivity contribution in [3.05, 3.63) is 58.6 Å². The first-order valence-corrected chi connectivity index (χ1v) is 14.7. The van der Waals surface area contributed by atoms with Gasteiger partial charge in [-0.25, -0.2) is 30.3 Å². The summed E-state index contributed by atoms with van der Waals surface area (Å²) in [6.45, 7) is -0.160. The molecule has 0 amide bonds. The summed E-state index contributed by atoms with van der Waals surface area (Å²) in [5.74, 6) is -3.33. The van der Waals surface area contributed by atoms with Gasteiger partial charge in [-0.2, -0.15) is 0 Å². The summed E-state index contributed by atoms with van der Waals surface area (Å²) in [7, 11) is -7.77. The Morgan fingerprint density at radius 2 is 1.68 bits per heavy atom. The lowest BCUT2D eigenvalue weighted by Crippen LogP contribution is -2.53. The molecule has 0 aromatic heterocycles. The second kappa shape index (κ2) is 8.43. The Hall–Kier alpha value is -1.75. The van der Waals surface area contributed by atoms with E-state index >= 15 is 4.39 Å². The van der Waals surface area contributed by atoms with Crippen LogP contribution in [0.5, 0.6) is 5.75 Å². The molecule has 3 atom stereocenters. The molecule has 11 heteroatoms. The fourth-order valence-electron chi connectivity index (χ4n) is 5.39. The van der Waals surface area contributed by atoms with E-state index in [9.17, 15) is 21.2 Å². The third-order valence-electron chi connectivity index (χ3n) is 7.09. The maximum Gasteiger partial charge on any atom is 0.212 e. The minimum atomic E-state index is -4.24. The zero-order valence-electron chi connectivity index (χ0n) is 18.1. The number of ether oxygens (including phenoxy) is 1. The molecule has 0 saturated heterocycles. The van der Waals surface area contributed by atoms with Crippen LogP contribution in [0.2, 0.25) is 5.02 Å². The van der Waals surface area contributed by atoms with Crippen molar-refractivity contribution in [2.24, 2.45) is 11.8 Å². The molecule has 1 N–H and O–H groups in total. The number of benzene rings is 2. The number of hydrogen-bond acceptors (Lipinski definition) is 5. The number of fused-ring (bicyclic) bond motifs is 3. The summed E-state index contributed by atoms with van der Waals surface area (Å²) in [5.41, 5.74) is -0.309. The molecule has 184 valence electrons. The van der Waals surface area contributed by atoms with Gasteiger partial charge in [0, 0.05) is 17.0 Å². The van der Waals surface area contributed by atoms with E-state index in [1.165, 1.54) is 24.3 Å². The molecule has 5 rings (SSSR count). The number of halogens is 3. The smallest absolute Gasteiger partial charge is 0.212 e. The molecule has 6 nitrogen and oxygen atoms in total. The number of sulfone groups is 1. The Bertz CT molecular complexity index is 1330. The first-order valence-electron chi connectivity index (χ1n) is 11.1. The summed E-state index contributed by atoms with van der Waals surface area (Å²) in [4.78, 5) is -0.0557. The van der Waals surface area contributed by atoms with Gasteiger partial charge in [0.05, 0.1) is 22.8 Å². The van der Waals surface area contributed by atoms with Crippen molar-refractivity contribution in [1.29, 1.82) is 0 Å². The molecule has 34 heavy (non-hydrogen) atoms. The summed E-state index contributed by atoms with van der Waals surface area (Å²) in [6.07, 6.45) is 1.98. The molecule has 2 saturated carbocycles. The molecule has 1 aliphatic heterocycles. The van der Waals surface area contributed by atoms with Crippen molar-refractivity contribution in [2.75, 3.05) is 12.4 Å². The number of hydrogen-bond donors (Lipinski definition) is 1. The second-order valence-electron chi connectivity index (χ2n) is 9.40. The maximum atomic E-state index is 15.3. The van der Waals surface area contributed by atoms with Gasteiger partial charge in [-0.05, 0) is 74.4 Å². The summed E-state index contributed by atoms with van der Waals surface area (Å²) in [5, 5.41) is 0.342. The van der Waals surface area contributed by atoms with Crippen LogP contribution in [0, 0.1) is 23.5 Å². The number of sulfonamides is 1. The Kier molecular flexibility index (Phi) is 5.94. The van der Waals surface area contributed by atoms with E-state index in [0.29, 0.717) is 5.02 Å².